The van der Waals surface area contributed by atoms with Crippen LogP contribution in [0.15, 0.2) is 60.8 Å². The average Bonchev–Trinajstić information content (AvgIpc) is 3.97. The molecule has 0 spiro atoms. The number of carbonyl (C=O) groups is 3. The quantitative estimate of drug-likeness (QED) is 0.151. The predicted octanol–water partition coefficient (Wildman–Crippen LogP) is 7.27. The summed E-state index contributed by atoms with van der Waals surface area (Å²) in [5, 5.41) is 4.81. The van der Waals surface area contributed by atoms with Crippen LogP contribution in [0.1, 0.15) is 77.1 Å². The molecule has 53 heavy (non-hydrogen) atoms. The lowest BCUT2D eigenvalue weighted by Gasteiger charge is -2.30. The van der Waals surface area contributed by atoms with Crippen LogP contribution in [0.3, 0.4) is 0 Å². The molecule has 7 rings (SSSR count). The van der Waals surface area contributed by atoms with Crippen LogP contribution in [0.2, 0.25) is 0 Å². The number of aromatic amines is 2. The normalized spacial score (nSPS) is 18.8. The van der Waals surface area contributed by atoms with Crippen molar-refractivity contribution in [3.8, 4) is 22.4 Å². The number of ether oxygens (including phenoxy) is 3. The first-order valence-corrected chi connectivity index (χ1v) is 18.2. The van der Waals surface area contributed by atoms with Crippen molar-refractivity contribution in [2.75, 3.05) is 27.3 Å². The average molecular weight is 722 g/mol. The summed E-state index contributed by atoms with van der Waals surface area (Å²) in [7, 11) is 2.77. The molecular formula is C40H47N7O6. The Labute approximate surface area is 308 Å². The summed E-state index contributed by atoms with van der Waals surface area (Å²) in [6, 6.07) is 17.6. The van der Waals surface area contributed by atoms with Gasteiger partial charge in [0.1, 0.15) is 23.3 Å². The van der Waals surface area contributed by atoms with Gasteiger partial charge >= 0.3 is 12.2 Å². The van der Waals surface area contributed by atoms with Gasteiger partial charge in [-0.2, -0.15) is 0 Å². The first-order chi connectivity index (χ1) is 25.4. The van der Waals surface area contributed by atoms with Crippen LogP contribution in [0, 0.1) is 0 Å². The number of amides is 3. The molecule has 0 radical (unpaired) electrons. The number of rotatable bonds is 8. The van der Waals surface area contributed by atoms with Gasteiger partial charge in [0.2, 0.25) is 5.91 Å². The first kappa shape index (κ1) is 36.0. The number of benzene rings is 3. The van der Waals surface area contributed by atoms with Crippen molar-refractivity contribution >= 4 is 39.9 Å². The molecule has 3 aromatic carbocycles. The zero-order valence-electron chi connectivity index (χ0n) is 31.1. The minimum atomic E-state index is -0.888. The number of nitrogens with zero attached hydrogens (tertiary/aromatic N) is 4. The molecule has 4 atom stereocenters. The van der Waals surface area contributed by atoms with Crippen molar-refractivity contribution in [3.63, 3.8) is 0 Å². The standard InChI is InChI=1S/C40H47N7O6/c1-23(51-5)34(45-38(49)52-6)37(48)46-17-7-9-32(46)35-41-22-31(44-35)28-14-13-24-19-25(11-12-26(24)20-28)27-15-16-29-30(21-27)43-36(42-29)33-10-8-18-47(33)39(50)53-40(2,3)4/h11-16,19-23,32-34H,7-10,17-18H2,1-6H3,(H,41,44)(H,42,43)(H,45,49)/t23-,32+,33+,34+/m1/s1. The van der Waals surface area contributed by atoms with E-state index < -0.39 is 23.8 Å². The summed E-state index contributed by atoms with van der Waals surface area (Å²) in [6.45, 7) is 8.58. The number of imidazole rings is 2. The highest BCUT2D eigenvalue weighted by molar-refractivity contribution is 5.92. The van der Waals surface area contributed by atoms with E-state index in [0.29, 0.717) is 18.9 Å². The van der Waals surface area contributed by atoms with E-state index >= 15 is 0 Å². The smallest absolute Gasteiger partial charge is 0.410 e. The Kier molecular flexibility index (Phi) is 9.86. The zero-order valence-corrected chi connectivity index (χ0v) is 31.1. The minimum Gasteiger partial charge on any atom is -0.453 e. The van der Waals surface area contributed by atoms with Gasteiger partial charge in [0.05, 0.1) is 48.2 Å². The third-order valence-corrected chi connectivity index (χ3v) is 10.2. The van der Waals surface area contributed by atoms with Crippen molar-refractivity contribution in [2.45, 2.75) is 83.2 Å². The number of alkyl carbamates (subject to hydrolysis) is 1. The zero-order chi connectivity index (χ0) is 37.4. The van der Waals surface area contributed by atoms with E-state index in [-0.39, 0.29) is 24.1 Å². The van der Waals surface area contributed by atoms with Crippen LogP contribution in [0.25, 0.3) is 44.2 Å². The van der Waals surface area contributed by atoms with Crippen molar-refractivity contribution < 1.29 is 28.6 Å². The van der Waals surface area contributed by atoms with E-state index in [4.69, 9.17) is 24.2 Å². The number of aromatic nitrogens is 4. The van der Waals surface area contributed by atoms with Gasteiger partial charge in [-0.25, -0.2) is 19.6 Å². The molecular weight excluding hydrogens is 674 g/mol. The molecule has 0 unspecified atom stereocenters. The number of H-pyrrole nitrogens is 2. The molecule has 5 aromatic rings. The maximum Gasteiger partial charge on any atom is 0.410 e. The van der Waals surface area contributed by atoms with Gasteiger partial charge in [0.15, 0.2) is 0 Å². The van der Waals surface area contributed by atoms with E-state index in [0.717, 1.165) is 75.7 Å². The lowest BCUT2D eigenvalue weighted by molar-refractivity contribution is -0.137. The first-order valence-electron chi connectivity index (χ1n) is 18.2. The molecule has 0 bridgehead atoms. The van der Waals surface area contributed by atoms with Gasteiger partial charge in [-0.1, -0.05) is 30.3 Å². The van der Waals surface area contributed by atoms with Gasteiger partial charge in [0, 0.05) is 25.8 Å². The Hall–Kier alpha value is -5.43. The summed E-state index contributed by atoms with van der Waals surface area (Å²) in [4.78, 5) is 58.6. The van der Waals surface area contributed by atoms with Gasteiger partial charge in [-0.05, 0) is 99.5 Å². The molecule has 2 aliphatic rings. The number of hydrogen-bond acceptors (Lipinski definition) is 8. The maximum atomic E-state index is 13.6. The van der Waals surface area contributed by atoms with Gasteiger partial charge in [0.25, 0.3) is 0 Å². The second kappa shape index (κ2) is 14.5. The molecule has 2 aromatic heterocycles. The highest BCUT2D eigenvalue weighted by Gasteiger charge is 2.39. The monoisotopic (exact) mass is 721 g/mol. The number of carbonyl (C=O) groups excluding carboxylic acids is 3. The Balaban J connectivity index is 1.08. The molecule has 3 N–H and O–H groups in total. The Morgan fingerprint density at radius 2 is 1.49 bits per heavy atom. The van der Waals surface area contributed by atoms with Crippen LogP contribution in [-0.2, 0) is 19.0 Å². The van der Waals surface area contributed by atoms with E-state index in [9.17, 15) is 14.4 Å². The van der Waals surface area contributed by atoms with E-state index in [1.807, 2.05) is 26.8 Å². The Morgan fingerprint density at radius 1 is 0.849 bits per heavy atom. The van der Waals surface area contributed by atoms with Crippen LogP contribution >= 0.6 is 0 Å². The molecule has 4 heterocycles. The molecule has 13 heteroatoms. The topological polar surface area (TPSA) is 155 Å². The SMILES string of the molecule is COC(=O)N[C@H](C(=O)N1CCC[C@H]1c1ncc(-c2ccc3cc(-c4ccc5nc([C@@H]6CCCN6C(=O)OC(C)(C)C)[nH]c5c4)ccc3c2)[nH]1)[C@@H](C)OC. The van der Waals surface area contributed by atoms with Crippen LogP contribution < -0.4 is 5.32 Å². The van der Waals surface area contributed by atoms with Crippen molar-refractivity contribution in [2.24, 2.45) is 0 Å². The van der Waals surface area contributed by atoms with Crippen LogP contribution in [-0.4, -0.2) is 92.9 Å². The number of hydrogen-bond donors (Lipinski definition) is 3. The van der Waals surface area contributed by atoms with Crippen molar-refractivity contribution in [1.29, 1.82) is 0 Å². The highest BCUT2D eigenvalue weighted by Crippen LogP contribution is 2.36. The summed E-state index contributed by atoms with van der Waals surface area (Å²) in [5.74, 6) is 1.24. The number of likely N-dealkylation sites (tertiary alicyclic amines) is 2. The number of fused-ring (bicyclic) bond motifs is 2. The number of nitrogens with one attached hydrogen (secondary N) is 3. The van der Waals surface area contributed by atoms with E-state index in [1.54, 1.807) is 22.9 Å². The molecule has 3 amide bonds. The van der Waals surface area contributed by atoms with Gasteiger partial charge in [-0.3, -0.25) is 9.69 Å². The summed E-state index contributed by atoms with van der Waals surface area (Å²) >= 11 is 0. The van der Waals surface area contributed by atoms with Gasteiger partial charge in [-0.15, -0.1) is 0 Å². The lowest BCUT2D eigenvalue weighted by atomic mass is 9.99. The van der Waals surface area contributed by atoms with E-state index in [2.05, 4.69) is 63.8 Å². The Bertz CT molecular complexity index is 2150. The molecule has 0 saturated carbocycles. The third kappa shape index (κ3) is 7.43. The second-order valence-electron chi connectivity index (χ2n) is 14.9. The van der Waals surface area contributed by atoms with E-state index in [1.165, 1.54) is 14.2 Å². The summed E-state index contributed by atoms with van der Waals surface area (Å²) in [5.41, 5.74) is 5.20. The largest absolute Gasteiger partial charge is 0.453 e. The van der Waals surface area contributed by atoms with Gasteiger partial charge < -0.3 is 34.4 Å². The molecule has 2 fully saturated rings. The third-order valence-electron chi connectivity index (χ3n) is 10.2. The number of methoxy groups -OCH3 is 2. The fourth-order valence-electron chi connectivity index (χ4n) is 7.40. The predicted molar refractivity (Wildman–Crippen MR) is 201 cm³/mol. The van der Waals surface area contributed by atoms with Crippen LogP contribution in [0.4, 0.5) is 9.59 Å². The highest BCUT2D eigenvalue weighted by atomic mass is 16.6. The Morgan fingerprint density at radius 3 is 2.19 bits per heavy atom. The second-order valence-corrected chi connectivity index (χ2v) is 14.9. The molecule has 278 valence electrons. The fourth-order valence-corrected chi connectivity index (χ4v) is 7.40. The lowest BCUT2D eigenvalue weighted by Crippen LogP contribution is -2.54. The van der Waals surface area contributed by atoms with Crippen molar-refractivity contribution in [1.82, 2.24) is 35.1 Å². The van der Waals surface area contributed by atoms with Crippen molar-refractivity contribution in [3.05, 3.63) is 72.4 Å². The molecule has 2 saturated heterocycles. The van der Waals surface area contributed by atoms with Crippen LogP contribution in [0.5, 0.6) is 0 Å². The molecule has 2 aliphatic heterocycles. The fraction of sp³-hybridized carbons (Fsp3) is 0.425. The maximum absolute atomic E-state index is 13.6. The summed E-state index contributed by atoms with van der Waals surface area (Å²) < 4.78 is 15.8. The molecule has 0 aliphatic carbocycles. The minimum absolute atomic E-state index is 0.145. The molecule has 13 nitrogen and oxygen atoms in total. The summed E-state index contributed by atoms with van der Waals surface area (Å²) in [6.07, 6.45) is 3.57.